The number of halogens is 2. The lowest BCUT2D eigenvalue weighted by atomic mass is 10.0. The van der Waals surface area contributed by atoms with E-state index in [0.717, 1.165) is 6.07 Å². The van der Waals surface area contributed by atoms with Gasteiger partial charge in [0, 0.05) is 22.5 Å². The summed E-state index contributed by atoms with van der Waals surface area (Å²) in [6, 6.07) is 13.5. The molecule has 0 fully saturated rings. The molecule has 0 aliphatic carbocycles. The number of carbonyl (C=O) groups is 1. The van der Waals surface area contributed by atoms with Gasteiger partial charge in [-0.3, -0.25) is 9.35 Å². The Bertz CT molecular complexity index is 1760. The molecule has 0 saturated carbocycles. The van der Waals surface area contributed by atoms with Gasteiger partial charge in [0.05, 0.1) is 30.5 Å². The van der Waals surface area contributed by atoms with E-state index in [9.17, 15) is 22.9 Å². The molecule has 3 N–H and O–H groups in total. The van der Waals surface area contributed by atoms with Crippen LogP contribution in [0.15, 0.2) is 69.7 Å². The summed E-state index contributed by atoms with van der Waals surface area (Å²) >= 11 is 12.3. The van der Waals surface area contributed by atoms with Crippen LogP contribution in [-0.2, 0) is 10.1 Å². The second kappa shape index (κ2) is 11.1. The highest BCUT2D eigenvalue weighted by atomic mass is 35.5. The number of hydrogen-bond donors (Lipinski definition) is 3. The van der Waals surface area contributed by atoms with Crippen molar-refractivity contribution in [2.45, 2.75) is 11.8 Å². The molecule has 202 valence electrons. The lowest BCUT2D eigenvalue weighted by Crippen LogP contribution is -2.13. The van der Waals surface area contributed by atoms with E-state index in [4.69, 9.17) is 32.7 Å². The fourth-order valence-corrected chi connectivity index (χ4v) is 4.85. The minimum Gasteiger partial charge on any atom is -0.505 e. The molecule has 0 saturated heterocycles. The molecule has 0 unspecified atom stereocenters. The average molecular weight is 590 g/mol. The number of aromatic hydroxyl groups is 1. The van der Waals surface area contributed by atoms with E-state index in [0.29, 0.717) is 16.3 Å². The SMILES string of the molecule is COc1cc(NC(=O)c2cc3ccccc3c(N=Nc3cc(Cl)c(C)cc3S(=O)(=O)O)c2O)c(OC)cc1Cl. The first-order valence-electron chi connectivity index (χ1n) is 11.1. The molecule has 0 aliphatic rings. The van der Waals surface area contributed by atoms with Crippen molar-refractivity contribution in [2.24, 2.45) is 10.2 Å². The van der Waals surface area contributed by atoms with Crippen LogP contribution in [0, 0.1) is 6.92 Å². The first-order chi connectivity index (χ1) is 18.4. The fraction of sp³-hybridized carbons (Fsp3) is 0.115. The van der Waals surface area contributed by atoms with Crippen molar-refractivity contribution in [3.8, 4) is 17.2 Å². The third-order valence-electron chi connectivity index (χ3n) is 5.74. The second-order valence-electron chi connectivity index (χ2n) is 8.23. The molecule has 4 aromatic carbocycles. The van der Waals surface area contributed by atoms with E-state index in [1.165, 1.54) is 38.5 Å². The number of amides is 1. The molecule has 0 atom stereocenters. The zero-order valence-electron chi connectivity index (χ0n) is 20.7. The van der Waals surface area contributed by atoms with Crippen molar-refractivity contribution in [2.75, 3.05) is 19.5 Å². The first kappa shape index (κ1) is 28.1. The smallest absolute Gasteiger partial charge is 0.296 e. The van der Waals surface area contributed by atoms with E-state index >= 15 is 0 Å². The number of nitrogens with zero attached hydrogens (tertiary/aromatic N) is 2. The number of ether oxygens (including phenoxy) is 2. The van der Waals surface area contributed by atoms with Gasteiger partial charge < -0.3 is 19.9 Å². The standard InChI is InChI=1S/C26H21Cl2N3O7S/c1-13-8-23(39(34,35)36)20(10-17(13)27)30-31-24-15-7-5-4-6-14(15)9-16(25(24)32)26(33)29-19-12-21(37-2)18(28)11-22(19)38-3/h4-12,32H,1-3H3,(H,29,33)(H,34,35,36). The number of anilines is 1. The molecule has 0 spiro atoms. The number of aryl methyl sites for hydroxylation is 1. The minimum atomic E-state index is -4.67. The van der Waals surface area contributed by atoms with Gasteiger partial charge in [-0.25, -0.2) is 0 Å². The first-order valence-corrected chi connectivity index (χ1v) is 13.3. The molecular formula is C26H21Cl2N3O7S. The summed E-state index contributed by atoms with van der Waals surface area (Å²) in [5.41, 5.74) is 0.0907. The Hall–Kier alpha value is -3.90. The quantitative estimate of drug-likeness (QED) is 0.154. The molecule has 0 aromatic heterocycles. The Morgan fingerprint density at radius 3 is 2.31 bits per heavy atom. The number of azo groups is 1. The van der Waals surface area contributed by atoms with Crippen LogP contribution in [0.25, 0.3) is 10.8 Å². The van der Waals surface area contributed by atoms with Gasteiger partial charge in [-0.2, -0.15) is 8.42 Å². The Morgan fingerprint density at radius 1 is 0.949 bits per heavy atom. The molecule has 0 radical (unpaired) electrons. The van der Waals surface area contributed by atoms with Crippen molar-refractivity contribution >= 4 is 67.1 Å². The van der Waals surface area contributed by atoms with Gasteiger partial charge in [0.2, 0.25) is 0 Å². The number of methoxy groups -OCH3 is 2. The molecule has 4 aromatic rings. The topological polar surface area (TPSA) is 147 Å². The zero-order valence-corrected chi connectivity index (χ0v) is 23.0. The Labute approximate surface area is 233 Å². The third-order valence-corrected chi connectivity index (χ3v) is 7.32. The number of phenolic OH excluding ortho intramolecular Hbond substituents is 1. The van der Waals surface area contributed by atoms with Gasteiger partial charge in [-0.1, -0.05) is 47.5 Å². The van der Waals surface area contributed by atoms with Gasteiger partial charge in [0.1, 0.15) is 27.8 Å². The van der Waals surface area contributed by atoms with Crippen LogP contribution in [0.4, 0.5) is 17.1 Å². The van der Waals surface area contributed by atoms with Crippen LogP contribution in [-0.4, -0.2) is 38.2 Å². The van der Waals surface area contributed by atoms with Crippen LogP contribution in [0.3, 0.4) is 0 Å². The van der Waals surface area contributed by atoms with E-state index < -0.39 is 26.7 Å². The molecule has 39 heavy (non-hydrogen) atoms. The number of hydrogen-bond acceptors (Lipinski definition) is 8. The molecule has 13 heteroatoms. The van der Waals surface area contributed by atoms with Crippen molar-refractivity contribution in [3.05, 3.63) is 75.8 Å². The van der Waals surface area contributed by atoms with Gasteiger partial charge in [0.15, 0.2) is 5.75 Å². The normalized spacial score (nSPS) is 11.6. The lowest BCUT2D eigenvalue weighted by Gasteiger charge is -2.15. The van der Waals surface area contributed by atoms with Gasteiger partial charge in [0.25, 0.3) is 16.0 Å². The monoisotopic (exact) mass is 589 g/mol. The Balaban J connectivity index is 1.84. The number of fused-ring (bicyclic) bond motifs is 1. The van der Waals surface area contributed by atoms with Crippen LogP contribution >= 0.6 is 23.2 Å². The second-order valence-corrected chi connectivity index (χ2v) is 10.4. The molecule has 0 heterocycles. The third kappa shape index (κ3) is 5.76. The lowest BCUT2D eigenvalue weighted by molar-refractivity contribution is 0.102. The van der Waals surface area contributed by atoms with Gasteiger partial charge in [-0.15, -0.1) is 10.2 Å². The highest BCUT2D eigenvalue weighted by Crippen LogP contribution is 2.42. The Morgan fingerprint density at radius 2 is 1.64 bits per heavy atom. The maximum atomic E-state index is 13.3. The maximum Gasteiger partial charge on any atom is 0.296 e. The molecule has 0 bridgehead atoms. The number of nitrogens with one attached hydrogen (secondary N) is 1. The van der Waals surface area contributed by atoms with Crippen LogP contribution in [0.2, 0.25) is 10.0 Å². The molecule has 10 nitrogen and oxygen atoms in total. The largest absolute Gasteiger partial charge is 0.505 e. The van der Waals surface area contributed by atoms with Crippen molar-refractivity contribution in [1.29, 1.82) is 0 Å². The van der Waals surface area contributed by atoms with E-state index in [1.807, 2.05) is 0 Å². The van der Waals surface area contributed by atoms with Crippen molar-refractivity contribution < 1.29 is 32.3 Å². The summed E-state index contributed by atoms with van der Waals surface area (Å²) in [5.74, 6) is -0.699. The molecule has 1 amide bonds. The van der Waals surface area contributed by atoms with Crippen molar-refractivity contribution in [3.63, 3.8) is 0 Å². The zero-order chi connectivity index (χ0) is 28.5. The Kier molecular flexibility index (Phi) is 7.98. The highest BCUT2D eigenvalue weighted by Gasteiger charge is 2.22. The predicted molar refractivity (Wildman–Crippen MR) is 148 cm³/mol. The predicted octanol–water partition coefficient (Wildman–Crippen LogP) is 7.09. The molecule has 4 rings (SSSR count). The van der Waals surface area contributed by atoms with Crippen LogP contribution in [0.1, 0.15) is 15.9 Å². The van der Waals surface area contributed by atoms with Crippen molar-refractivity contribution in [1.82, 2.24) is 0 Å². The van der Waals surface area contributed by atoms with E-state index in [1.54, 1.807) is 31.2 Å². The van der Waals surface area contributed by atoms with Gasteiger partial charge >= 0.3 is 0 Å². The van der Waals surface area contributed by atoms with E-state index in [-0.39, 0.29) is 44.2 Å². The number of phenols is 1. The van der Waals surface area contributed by atoms with Crippen LogP contribution < -0.4 is 14.8 Å². The summed E-state index contributed by atoms with van der Waals surface area (Å²) in [4.78, 5) is 12.8. The molecule has 0 aliphatic heterocycles. The minimum absolute atomic E-state index is 0.114. The number of rotatable bonds is 7. The number of carbonyl (C=O) groups excluding carboxylic acids is 1. The number of benzene rings is 4. The summed E-state index contributed by atoms with van der Waals surface area (Å²) < 4.78 is 44.0. The van der Waals surface area contributed by atoms with Crippen LogP contribution in [0.5, 0.6) is 17.2 Å². The summed E-state index contributed by atoms with van der Waals surface area (Å²) in [5, 5.41) is 23.2. The maximum absolute atomic E-state index is 13.3. The summed E-state index contributed by atoms with van der Waals surface area (Å²) in [6.45, 7) is 1.56. The summed E-state index contributed by atoms with van der Waals surface area (Å²) in [7, 11) is -1.85. The molecular weight excluding hydrogens is 569 g/mol. The summed E-state index contributed by atoms with van der Waals surface area (Å²) in [6.07, 6.45) is 0. The van der Waals surface area contributed by atoms with Gasteiger partial charge in [-0.05, 0) is 36.1 Å². The highest BCUT2D eigenvalue weighted by molar-refractivity contribution is 7.86. The van der Waals surface area contributed by atoms with E-state index in [2.05, 4.69) is 15.5 Å². The average Bonchev–Trinajstić information content (AvgIpc) is 2.89. The fourth-order valence-electron chi connectivity index (χ4n) is 3.77.